The van der Waals surface area contributed by atoms with Gasteiger partial charge >= 0.3 is 0 Å². The van der Waals surface area contributed by atoms with Crippen LogP contribution in [0.3, 0.4) is 0 Å². The van der Waals surface area contributed by atoms with Crippen molar-refractivity contribution in [2.24, 2.45) is 0 Å². The summed E-state index contributed by atoms with van der Waals surface area (Å²) in [4.78, 5) is 0. The summed E-state index contributed by atoms with van der Waals surface area (Å²) in [6, 6.07) is 44.8. The van der Waals surface area contributed by atoms with Crippen molar-refractivity contribution in [3.05, 3.63) is 165 Å². The summed E-state index contributed by atoms with van der Waals surface area (Å²) in [7, 11) is 0. The standard InChI is InChI=1S/C50H32N6O2/c1-49(2)43(41(29-55)47(57-49)35(25-51)26-52)23-17-31-13-19-33(20-14-31)45-37-9-5-7-11-39(37)46(40-12-8-6-10-38(40)45)34-21-15-32(16-22-34)18-24-44-42(30-56)48(36(27-53)28-54)58-50(44,3)4/h5-24H,1-4H3/b23-17+,24-18+. The van der Waals surface area contributed by atoms with Gasteiger partial charge in [0, 0.05) is 11.1 Å². The molecule has 0 aromatic heterocycles. The first-order valence-corrected chi connectivity index (χ1v) is 18.3. The Hall–Kier alpha value is -8.40. The average molecular weight is 749 g/mol. The molecule has 0 N–H and O–H groups in total. The number of ether oxygens (including phenoxy) is 2. The van der Waals surface area contributed by atoms with Crippen LogP contribution in [0.2, 0.25) is 0 Å². The highest BCUT2D eigenvalue weighted by Crippen LogP contribution is 2.45. The molecule has 0 unspecified atom stereocenters. The second kappa shape index (κ2) is 15.0. The van der Waals surface area contributed by atoms with Crippen LogP contribution in [0, 0.1) is 68.0 Å². The van der Waals surface area contributed by atoms with Crippen molar-refractivity contribution in [2.45, 2.75) is 38.9 Å². The van der Waals surface area contributed by atoms with Crippen LogP contribution in [0.5, 0.6) is 0 Å². The Kier molecular flexibility index (Phi) is 9.82. The quantitative estimate of drug-likeness (QED) is 0.122. The van der Waals surface area contributed by atoms with Gasteiger partial charge in [0.25, 0.3) is 0 Å². The van der Waals surface area contributed by atoms with E-state index in [9.17, 15) is 31.6 Å². The Balaban J connectivity index is 1.26. The van der Waals surface area contributed by atoms with E-state index in [1.54, 1.807) is 27.7 Å². The molecule has 8 nitrogen and oxygen atoms in total. The molecule has 0 spiro atoms. The summed E-state index contributed by atoms with van der Waals surface area (Å²) in [6.45, 7) is 7.20. The maximum absolute atomic E-state index is 9.93. The minimum atomic E-state index is -0.903. The third kappa shape index (κ3) is 6.55. The van der Waals surface area contributed by atoms with E-state index < -0.39 is 11.2 Å². The van der Waals surface area contributed by atoms with E-state index in [2.05, 4.69) is 60.7 Å². The van der Waals surface area contributed by atoms with E-state index in [0.717, 1.165) is 54.9 Å². The lowest BCUT2D eigenvalue weighted by Gasteiger charge is -2.20. The predicted octanol–water partition coefficient (Wildman–Crippen LogP) is 11.2. The van der Waals surface area contributed by atoms with Gasteiger partial charge in [0.1, 0.15) is 58.8 Å². The van der Waals surface area contributed by atoms with Gasteiger partial charge in [-0.05, 0) is 82.6 Å². The first-order valence-electron chi connectivity index (χ1n) is 18.3. The SMILES string of the molecule is CC1(C)OC(=C(C#N)C#N)C(C#N)=C1/C=C/c1ccc(-c2c3ccccc3c(-c3ccc(/C=C/C4=C(C#N)C(=C(C#N)C#N)OC4(C)C)cc3)c3ccccc23)cc1. The fourth-order valence-electron chi connectivity index (χ4n) is 7.60. The zero-order valence-corrected chi connectivity index (χ0v) is 32.0. The van der Waals surface area contributed by atoms with E-state index in [-0.39, 0.29) is 33.8 Å². The number of fused-ring (bicyclic) bond motifs is 2. The van der Waals surface area contributed by atoms with Gasteiger partial charge in [0.15, 0.2) is 22.7 Å². The number of hydrogen-bond acceptors (Lipinski definition) is 8. The lowest BCUT2D eigenvalue weighted by Crippen LogP contribution is -2.20. The van der Waals surface area contributed by atoms with Crippen LogP contribution in [0.1, 0.15) is 38.8 Å². The molecule has 0 atom stereocenters. The van der Waals surface area contributed by atoms with Crippen molar-refractivity contribution in [1.29, 1.82) is 31.6 Å². The van der Waals surface area contributed by atoms with Crippen LogP contribution in [0.15, 0.2) is 154 Å². The molecule has 58 heavy (non-hydrogen) atoms. The first kappa shape index (κ1) is 37.9. The van der Waals surface area contributed by atoms with E-state index in [1.165, 1.54) is 0 Å². The molecule has 5 aromatic carbocycles. The maximum Gasteiger partial charge on any atom is 0.172 e. The van der Waals surface area contributed by atoms with Crippen molar-refractivity contribution in [3.8, 4) is 58.7 Å². The molecule has 5 aromatic rings. The molecule has 0 aliphatic carbocycles. The summed E-state index contributed by atoms with van der Waals surface area (Å²) in [5.41, 5.74) is 5.34. The van der Waals surface area contributed by atoms with Crippen molar-refractivity contribution in [2.75, 3.05) is 0 Å². The molecule has 274 valence electrons. The third-order valence-electron chi connectivity index (χ3n) is 10.3. The van der Waals surface area contributed by atoms with Crippen molar-refractivity contribution >= 4 is 33.7 Å². The molecular formula is C50H32N6O2. The lowest BCUT2D eigenvalue weighted by molar-refractivity contribution is 0.0951. The first-order chi connectivity index (χ1) is 28.0. The fraction of sp³-hybridized carbons (Fsp3) is 0.120. The molecule has 8 heteroatoms. The minimum absolute atomic E-state index is 0.0102. The topological polar surface area (TPSA) is 161 Å². The van der Waals surface area contributed by atoms with Crippen LogP contribution < -0.4 is 0 Å². The Bertz CT molecular complexity index is 2740. The summed E-state index contributed by atoms with van der Waals surface area (Å²) >= 11 is 0. The monoisotopic (exact) mass is 748 g/mol. The Morgan fingerprint density at radius 2 is 0.759 bits per heavy atom. The Morgan fingerprint density at radius 1 is 0.448 bits per heavy atom. The molecule has 2 aliphatic heterocycles. The second-order valence-corrected chi connectivity index (χ2v) is 14.6. The largest absolute Gasteiger partial charge is 0.480 e. The molecule has 0 amide bonds. The number of allylic oxidation sites excluding steroid dienone is 4. The van der Waals surface area contributed by atoms with Crippen LogP contribution in [-0.4, -0.2) is 11.2 Å². The molecule has 7 rings (SSSR count). The van der Waals surface area contributed by atoms with Gasteiger partial charge in [0.05, 0.1) is 0 Å². The van der Waals surface area contributed by atoms with Gasteiger partial charge in [0.2, 0.25) is 0 Å². The third-order valence-corrected chi connectivity index (χ3v) is 10.3. The summed E-state index contributed by atoms with van der Waals surface area (Å²) in [6.07, 6.45) is 7.43. The Morgan fingerprint density at radius 3 is 1.03 bits per heavy atom. The fourth-order valence-corrected chi connectivity index (χ4v) is 7.60. The summed E-state index contributed by atoms with van der Waals surface area (Å²) < 4.78 is 11.8. The smallest absolute Gasteiger partial charge is 0.172 e. The van der Waals surface area contributed by atoms with Gasteiger partial charge in [-0.15, -0.1) is 0 Å². The van der Waals surface area contributed by atoms with E-state index >= 15 is 0 Å². The molecule has 0 fully saturated rings. The summed E-state index contributed by atoms with van der Waals surface area (Å²) in [5, 5.41) is 61.9. The molecule has 2 aliphatic rings. The number of benzene rings is 5. The molecule has 0 saturated heterocycles. The van der Waals surface area contributed by atoms with Crippen molar-refractivity contribution < 1.29 is 9.47 Å². The van der Waals surface area contributed by atoms with Crippen LogP contribution in [0.25, 0.3) is 56.0 Å². The lowest BCUT2D eigenvalue weighted by atomic mass is 9.85. The molecule has 2 heterocycles. The number of nitriles is 6. The van der Waals surface area contributed by atoms with E-state index in [0.29, 0.717) is 11.1 Å². The van der Waals surface area contributed by atoms with Gasteiger partial charge in [-0.25, -0.2) is 0 Å². The highest BCUT2D eigenvalue weighted by atomic mass is 16.5. The normalized spacial score (nSPS) is 15.3. The number of hydrogen-bond donors (Lipinski definition) is 0. The minimum Gasteiger partial charge on any atom is -0.480 e. The van der Waals surface area contributed by atoms with Crippen LogP contribution in [0.4, 0.5) is 0 Å². The average Bonchev–Trinajstić information content (AvgIpc) is 3.65. The van der Waals surface area contributed by atoms with Gasteiger partial charge < -0.3 is 9.47 Å². The number of nitrogens with zero attached hydrogens (tertiary/aromatic N) is 6. The van der Waals surface area contributed by atoms with Crippen LogP contribution >= 0.6 is 0 Å². The summed E-state index contributed by atoms with van der Waals surface area (Å²) in [5.74, 6) is 0.0203. The zero-order chi connectivity index (χ0) is 41.2. The van der Waals surface area contributed by atoms with E-state index in [1.807, 2.05) is 97.1 Å². The molecular weight excluding hydrogens is 717 g/mol. The highest BCUT2D eigenvalue weighted by molar-refractivity contribution is 6.21. The molecule has 0 radical (unpaired) electrons. The number of rotatable bonds is 6. The second-order valence-electron chi connectivity index (χ2n) is 14.6. The Labute approximate surface area is 336 Å². The van der Waals surface area contributed by atoms with Crippen LogP contribution in [-0.2, 0) is 9.47 Å². The van der Waals surface area contributed by atoms with Crippen molar-refractivity contribution in [1.82, 2.24) is 0 Å². The van der Waals surface area contributed by atoms with Gasteiger partial charge in [-0.2, -0.15) is 31.6 Å². The predicted molar refractivity (Wildman–Crippen MR) is 223 cm³/mol. The van der Waals surface area contributed by atoms with Gasteiger partial charge in [-0.1, -0.05) is 121 Å². The molecule has 0 saturated carbocycles. The van der Waals surface area contributed by atoms with E-state index in [4.69, 9.17) is 9.47 Å². The zero-order valence-electron chi connectivity index (χ0n) is 32.0. The maximum atomic E-state index is 9.93. The molecule has 0 bridgehead atoms. The highest BCUT2D eigenvalue weighted by Gasteiger charge is 2.39. The van der Waals surface area contributed by atoms with Crippen molar-refractivity contribution in [3.63, 3.8) is 0 Å². The van der Waals surface area contributed by atoms with Gasteiger partial charge in [-0.3, -0.25) is 0 Å².